The second kappa shape index (κ2) is 8.44. The molecule has 0 atom stereocenters. The molecule has 0 spiro atoms. The molecule has 4 aromatic carbocycles. The number of hydrogen-bond acceptors (Lipinski definition) is 3. The molecule has 32 heavy (non-hydrogen) atoms. The first-order valence-electron chi connectivity index (χ1n) is 9.93. The topological polar surface area (TPSA) is 30.2 Å². The number of fused-ring (bicyclic) bond motifs is 1. The zero-order valence-electron chi connectivity index (χ0n) is 16.7. The van der Waals surface area contributed by atoms with Gasteiger partial charge in [0.1, 0.15) is 17.2 Å². The Bertz CT molecular complexity index is 1480. The van der Waals surface area contributed by atoms with E-state index in [4.69, 9.17) is 4.42 Å². The molecule has 5 aromatic rings. The molecule has 0 N–H and O–H groups in total. The number of rotatable bonds is 4. The van der Waals surface area contributed by atoms with Crippen LogP contribution in [0.25, 0.3) is 33.2 Å². The van der Waals surface area contributed by atoms with Crippen molar-refractivity contribution in [3.8, 4) is 22.3 Å². The number of hydrogen-bond donors (Lipinski definition) is 0. The van der Waals surface area contributed by atoms with Crippen LogP contribution >= 0.6 is 11.8 Å². The molecule has 0 aliphatic rings. The van der Waals surface area contributed by atoms with E-state index in [1.165, 1.54) is 42.1 Å². The summed E-state index contributed by atoms with van der Waals surface area (Å²) in [6.07, 6.45) is 0. The van der Waals surface area contributed by atoms with E-state index >= 15 is 0 Å². The molecule has 1 aromatic heterocycles. The summed E-state index contributed by atoms with van der Waals surface area (Å²) in [6.45, 7) is 0. The van der Waals surface area contributed by atoms with Crippen molar-refractivity contribution in [3.05, 3.63) is 119 Å². The van der Waals surface area contributed by atoms with E-state index in [-0.39, 0.29) is 11.6 Å². The van der Waals surface area contributed by atoms with Gasteiger partial charge in [-0.3, -0.25) is 0 Å². The SMILES string of the molecule is O=c1cc(-c2ccc(F)cc2)c2ccc(Sc3cc(F)cc(-c4ccccc4)c3)cc2o1. The Hall–Kier alpha value is -3.70. The third-order valence-corrected chi connectivity index (χ3v) is 6.05. The van der Waals surface area contributed by atoms with Gasteiger partial charge in [0.15, 0.2) is 0 Å². The van der Waals surface area contributed by atoms with Gasteiger partial charge in [-0.15, -0.1) is 0 Å². The molecule has 0 saturated carbocycles. The summed E-state index contributed by atoms with van der Waals surface area (Å²) in [4.78, 5) is 13.7. The fraction of sp³-hybridized carbons (Fsp3) is 0. The van der Waals surface area contributed by atoms with E-state index < -0.39 is 5.63 Å². The predicted octanol–water partition coefficient (Wildman–Crippen LogP) is 7.56. The largest absolute Gasteiger partial charge is 0.423 e. The van der Waals surface area contributed by atoms with Crippen LogP contribution < -0.4 is 5.63 Å². The molecule has 0 aliphatic heterocycles. The Balaban J connectivity index is 1.53. The van der Waals surface area contributed by atoms with Crippen molar-refractivity contribution in [1.82, 2.24) is 0 Å². The molecule has 0 fully saturated rings. The number of halogens is 2. The molecule has 2 nitrogen and oxygen atoms in total. The van der Waals surface area contributed by atoms with Crippen LogP contribution in [-0.2, 0) is 0 Å². The lowest BCUT2D eigenvalue weighted by atomic mass is 10.0. The number of benzene rings is 4. The molecule has 0 amide bonds. The van der Waals surface area contributed by atoms with Crippen LogP contribution in [0.1, 0.15) is 0 Å². The van der Waals surface area contributed by atoms with Gasteiger partial charge in [-0.1, -0.05) is 54.2 Å². The molecule has 0 saturated heterocycles. The third kappa shape index (κ3) is 4.20. The third-order valence-electron chi connectivity index (χ3n) is 5.09. The average molecular weight is 442 g/mol. The molecule has 0 radical (unpaired) electrons. The Labute approximate surface area is 187 Å². The smallest absolute Gasteiger partial charge is 0.336 e. The first-order chi connectivity index (χ1) is 15.5. The maximum absolute atomic E-state index is 14.3. The van der Waals surface area contributed by atoms with Crippen LogP contribution in [0.3, 0.4) is 0 Å². The standard InChI is InChI=1S/C27H16F2O2S/c28-20-8-6-18(7-9-20)25-16-27(30)31-26-15-22(10-11-24(25)26)32-23-13-19(12-21(29)14-23)17-4-2-1-3-5-17/h1-16H. The lowest BCUT2D eigenvalue weighted by molar-refractivity contribution is 0.561. The molecule has 0 aliphatic carbocycles. The fourth-order valence-electron chi connectivity index (χ4n) is 3.63. The summed E-state index contributed by atoms with van der Waals surface area (Å²) in [6, 6.07) is 27.4. The Kier molecular flexibility index (Phi) is 5.33. The fourth-order valence-corrected chi connectivity index (χ4v) is 4.56. The van der Waals surface area contributed by atoms with Gasteiger partial charge < -0.3 is 4.42 Å². The highest BCUT2D eigenvalue weighted by molar-refractivity contribution is 7.99. The van der Waals surface area contributed by atoms with Crippen LogP contribution in [0.4, 0.5) is 8.78 Å². The summed E-state index contributed by atoms with van der Waals surface area (Å²) in [5.41, 5.74) is 3.05. The van der Waals surface area contributed by atoms with Gasteiger partial charge in [-0.05, 0) is 70.8 Å². The highest BCUT2D eigenvalue weighted by atomic mass is 32.2. The highest BCUT2D eigenvalue weighted by Gasteiger charge is 2.11. The van der Waals surface area contributed by atoms with Gasteiger partial charge in [-0.25, -0.2) is 13.6 Å². The van der Waals surface area contributed by atoms with E-state index in [0.717, 1.165) is 31.9 Å². The van der Waals surface area contributed by atoms with E-state index in [0.29, 0.717) is 11.1 Å². The summed E-state index contributed by atoms with van der Waals surface area (Å²) in [5.74, 6) is -0.663. The first kappa shape index (κ1) is 20.2. The molecule has 5 rings (SSSR count). The van der Waals surface area contributed by atoms with Crippen LogP contribution in [0, 0.1) is 11.6 Å². The molecule has 0 unspecified atom stereocenters. The molecular weight excluding hydrogens is 426 g/mol. The van der Waals surface area contributed by atoms with E-state index in [1.807, 2.05) is 48.5 Å². The van der Waals surface area contributed by atoms with Gasteiger partial charge in [0.05, 0.1) is 0 Å². The minimum atomic E-state index is -0.490. The summed E-state index contributed by atoms with van der Waals surface area (Å²) in [5, 5.41) is 0.741. The highest BCUT2D eigenvalue weighted by Crippen LogP contribution is 2.35. The Morgan fingerprint density at radius 2 is 1.41 bits per heavy atom. The average Bonchev–Trinajstić information content (AvgIpc) is 2.79. The van der Waals surface area contributed by atoms with Crippen LogP contribution in [-0.4, -0.2) is 0 Å². The van der Waals surface area contributed by atoms with Crippen molar-refractivity contribution in [2.75, 3.05) is 0 Å². The summed E-state index contributed by atoms with van der Waals surface area (Å²) < 4.78 is 33.0. The summed E-state index contributed by atoms with van der Waals surface area (Å²) >= 11 is 1.38. The monoisotopic (exact) mass is 442 g/mol. The molecule has 156 valence electrons. The van der Waals surface area contributed by atoms with Gasteiger partial charge >= 0.3 is 5.63 Å². The Morgan fingerprint density at radius 3 is 2.19 bits per heavy atom. The summed E-state index contributed by atoms with van der Waals surface area (Å²) in [7, 11) is 0. The van der Waals surface area contributed by atoms with Crippen molar-refractivity contribution in [3.63, 3.8) is 0 Å². The molecule has 0 bridgehead atoms. The lowest BCUT2D eigenvalue weighted by Gasteiger charge is -2.09. The zero-order chi connectivity index (χ0) is 22.1. The zero-order valence-corrected chi connectivity index (χ0v) is 17.5. The van der Waals surface area contributed by atoms with E-state index in [2.05, 4.69) is 0 Å². The molecule has 5 heteroatoms. The first-order valence-corrected chi connectivity index (χ1v) is 10.7. The van der Waals surface area contributed by atoms with Gasteiger partial charge in [0.2, 0.25) is 0 Å². The van der Waals surface area contributed by atoms with Gasteiger partial charge in [0.25, 0.3) is 0 Å². The van der Waals surface area contributed by atoms with Crippen LogP contribution in [0.2, 0.25) is 0 Å². The van der Waals surface area contributed by atoms with Gasteiger partial charge in [-0.2, -0.15) is 0 Å². The Morgan fingerprint density at radius 1 is 0.625 bits per heavy atom. The van der Waals surface area contributed by atoms with Crippen molar-refractivity contribution in [1.29, 1.82) is 0 Å². The van der Waals surface area contributed by atoms with Crippen molar-refractivity contribution in [2.24, 2.45) is 0 Å². The maximum Gasteiger partial charge on any atom is 0.336 e. The second-order valence-electron chi connectivity index (χ2n) is 7.29. The van der Waals surface area contributed by atoms with Crippen molar-refractivity contribution in [2.45, 2.75) is 9.79 Å². The second-order valence-corrected chi connectivity index (χ2v) is 8.43. The van der Waals surface area contributed by atoms with Crippen molar-refractivity contribution >= 4 is 22.7 Å². The van der Waals surface area contributed by atoms with Crippen LogP contribution in [0.5, 0.6) is 0 Å². The lowest BCUT2D eigenvalue weighted by Crippen LogP contribution is -1.98. The van der Waals surface area contributed by atoms with Crippen LogP contribution in [0.15, 0.2) is 116 Å². The molecular formula is C27H16F2O2S. The predicted molar refractivity (Wildman–Crippen MR) is 124 cm³/mol. The van der Waals surface area contributed by atoms with Gasteiger partial charge in [0, 0.05) is 21.2 Å². The normalized spacial score (nSPS) is 11.1. The maximum atomic E-state index is 14.3. The quantitative estimate of drug-likeness (QED) is 0.269. The molecule has 1 heterocycles. The minimum Gasteiger partial charge on any atom is -0.423 e. The van der Waals surface area contributed by atoms with Crippen molar-refractivity contribution < 1.29 is 13.2 Å². The minimum absolute atomic E-state index is 0.320. The van der Waals surface area contributed by atoms with E-state index in [1.54, 1.807) is 18.2 Å². The van der Waals surface area contributed by atoms with E-state index in [9.17, 15) is 13.6 Å².